The number of hydrogen-bond acceptors (Lipinski definition) is 4. The van der Waals surface area contributed by atoms with Gasteiger partial charge < -0.3 is 9.80 Å². The molecule has 2 aromatic rings. The molecule has 2 heterocycles. The van der Waals surface area contributed by atoms with Crippen molar-refractivity contribution >= 4 is 23.6 Å². The lowest BCUT2D eigenvalue weighted by Gasteiger charge is -2.35. The molecular weight excluding hydrogens is 463 g/mol. The maximum Gasteiger partial charge on any atom is 0.416 e. The number of aryl methyl sites for hydroxylation is 1. The van der Waals surface area contributed by atoms with Crippen LogP contribution < -0.4 is 0 Å². The third-order valence-electron chi connectivity index (χ3n) is 6.28. The number of hydrogen-bond donors (Lipinski definition) is 0. The van der Waals surface area contributed by atoms with Crippen LogP contribution in [0.3, 0.4) is 0 Å². The summed E-state index contributed by atoms with van der Waals surface area (Å²) in [6, 6.07) is 9.17. The van der Waals surface area contributed by atoms with E-state index in [0.717, 1.165) is 34.7 Å². The van der Waals surface area contributed by atoms with Gasteiger partial charge in [-0.1, -0.05) is 11.6 Å². The molecule has 184 valence electrons. The molecule has 2 aliphatic rings. The number of amides is 4. The maximum absolute atomic E-state index is 12.7. The second kappa shape index (κ2) is 9.52. The van der Waals surface area contributed by atoms with Crippen molar-refractivity contribution in [2.45, 2.75) is 25.9 Å². The number of carbonyl (C=O) groups is 4. The molecular formula is C25H24F3N3O4. The van der Waals surface area contributed by atoms with Gasteiger partial charge in [0.2, 0.25) is 5.91 Å². The highest BCUT2D eigenvalue weighted by molar-refractivity contribution is 6.21. The Morgan fingerprint density at radius 1 is 0.857 bits per heavy atom. The summed E-state index contributed by atoms with van der Waals surface area (Å²) in [5.41, 5.74) is 0.989. The fourth-order valence-corrected chi connectivity index (χ4v) is 4.30. The third-order valence-corrected chi connectivity index (χ3v) is 6.28. The van der Waals surface area contributed by atoms with Crippen LogP contribution in [0.15, 0.2) is 42.5 Å². The first kappa shape index (κ1) is 24.4. The Kier molecular flexibility index (Phi) is 6.64. The van der Waals surface area contributed by atoms with Gasteiger partial charge in [0.15, 0.2) is 0 Å². The van der Waals surface area contributed by atoms with Crippen LogP contribution in [0.25, 0.3) is 0 Å². The molecule has 0 aromatic heterocycles. The summed E-state index contributed by atoms with van der Waals surface area (Å²) in [5, 5.41) is 0. The lowest BCUT2D eigenvalue weighted by molar-refractivity contribution is -0.137. The fraction of sp³-hybridized carbons (Fsp3) is 0.360. The zero-order valence-electron chi connectivity index (χ0n) is 19.1. The quantitative estimate of drug-likeness (QED) is 0.606. The number of benzene rings is 2. The van der Waals surface area contributed by atoms with Crippen molar-refractivity contribution in [3.63, 3.8) is 0 Å². The summed E-state index contributed by atoms with van der Waals surface area (Å²) in [5.74, 6) is -1.23. The number of imide groups is 1. The van der Waals surface area contributed by atoms with Crippen molar-refractivity contribution in [3.05, 3.63) is 70.3 Å². The van der Waals surface area contributed by atoms with Crippen molar-refractivity contribution in [2.75, 3.05) is 32.7 Å². The van der Waals surface area contributed by atoms with Crippen molar-refractivity contribution in [2.24, 2.45) is 0 Å². The minimum Gasteiger partial charge on any atom is -0.339 e. The van der Waals surface area contributed by atoms with Crippen molar-refractivity contribution in [1.82, 2.24) is 14.7 Å². The molecule has 0 radical (unpaired) electrons. The van der Waals surface area contributed by atoms with Gasteiger partial charge in [0.25, 0.3) is 17.7 Å². The Bertz CT molecular complexity index is 1170. The highest BCUT2D eigenvalue weighted by Crippen LogP contribution is 2.29. The largest absolute Gasteiger partial charge is 0.416 e. The van der Waals surface area contributed by atoms with E-state index in [2.05, 4.69) is 0 Å². The van der Waals surface area contributed by atoms with E-state index < -0.39 is 11.7 Å². The Morgan fingerprint density at radius 2 is 1.46 bits per heavy atom. The molecule has 2 aromatic carbocycles. The molecule has 0 aliphatic carbocycles. The Balaban J connectivity index is 1.24. The predicted octanol–water partition coefficient (Wildman–Crippen LogP) is 3.37. The first-order valence-electron chi connectivity index (χ1n) is 11.3. The molecule has 0 atom stereocenters. The standard InChI is InChI=1S/C25H24F3N3O4/c1-16-4-9-19-20(15-16)24(35)31(23(19)34)10-2-3-21(32)29-11-13-30(14-12-29)22(33)17-5-7-18(8-6-17)25(26,27)28/h4-9,15H,2-3,10-14H2,1H3. The molecule has 0 bridgehead atoms. The Hall–Kier alpha value is -3.69. The van der Waals surface area contributed by atoms with E-state index in [1.807, 2.05) is 6.92 Å². The van der Waals surface area contributed by atoms with E-state index in [1.165, 1.54) is 4.90 Å². The number of rotatable bonds is 5. The van der Waals surface area contributed by atoms with Crippen LogP contribution in [0.4, 0.5) is 13.2 Å². The molecule has 35 heavy (non-hydrogen) atoms. The normalized spacial score (nSPS) is 16.1. The third kappa shape index (κ3) is 5.06. The van der Waals surface area contributed by atoms with E-state index in [1.54, 1.807) is 23.1 Å². The van der Waals surface area contributed by atoms with Gasteiger partial charge in [-0.05, 0) is 49.7 Å². The van der Waals surface area contributed by atoms with Crippen LogP contribution in [0.2, 0.25) is 0 Å². The van der Waals surface area contributed by atoms with Gasteiger partial charge in [-0.15, -0.1) is 0 Å². The van der Waals surface area contributed by atoms with Crippen molar-refractivity contribution < 1.29 is 32.3 Å². The summed E-state index contributed by atoms with van der Waals surface area (Å²) in [6.07, 6.45) is -3.99. The second-order valence-corrected chi connectivity index (χ2v) is 8.66. The SMILES string of the molecule is Cc1ccc2c(c1)C(=O)N(CCCC(=O)N1CCN(C(=O)c3ccc(C(F)(F)F)cc3)CC1)C2=O. The highest BCUT2D eigenvalue weighted by Gasteiger charge is 2.35. The minimum atomic E-state index is -4.47. The lowest BCUT2D eigenvalue weighted by Crippen LogP contribution is -2.50. The van der Waals surface area contributed by atoms with Crippen LogP contribution in [0.5, 0.6) is 0 Å². The zero-order chi connectivity index (χ0) is 25.3. The van der Waals surface area contributed by atoms with Gasteiger partial charge in [-0.3, -0.25) is 24.1 Å². The number of nitrogens with zero attached hydrogens (tertiary/aromatic N) is 3. The fourth-order valence-electron chi connectivity index (χ4n) is 4.30. The van der Waals surface area contributed by atoms with Crippen LogP contribution in [0, 0.1) is 6.92 Å². The van der Waals surface area contributed by atoms with Gasteiger partial charge in [0.05, 0.1) is 16.7 Å². The van der Waals surface area contributed by atoms with E-state index >= 15 is 0 Å². The zero-order valence-corrected chi connectivity index (χ0v) is 19.1. The maximum atomic E-state index is 12.7. The van der Waals surface area contributed by atoms with Gasteiger partial charge in [0, 0.05) is 44.7 Å². The molecule has 0 saturated carbocycles. The predicted molar refractivity (Wildman–Crippen MR) is 120 cm³/mol. The summed E-state index contributed by atoms with van der Waals surface area (Å²) >= 11 is 0. The minimum absolute atomic E-state index is 0.140. The molecule has 1 fully saturated rings. The molecule has 4 amide bonds. The van der Waals surface area contributed by atoms with Gasteiger partial charge in [0.1, 0.15) is 0 Å². The summed E-state index contributed by atoms with van der Waals surface area (Å²) < 4.78 is 38.1. The van der Waals surface area contributed by atoms with Crippen LogP contribution >= 0.6 is 0 Å². The Morgan fingerprint density at radius 3 is 2.09 bits per heavy atom. The van der Waals surface area contributed by atoms with E-state index in [4.69, 9.17) is 0 Å². The van der Waals surface area contributed by atoms with E-state index in [0.29, 0.717) is 30.6 Å². The first-order chi connectivity index (χ1) is 16.6. The summed E-state index contributed by atoms with van der Waals surface area (Å²) in [7, 11) is 0. The average Bonchev–Trinajstić information content (AvgIpc) is 3.07. The smallest absolute Gasteiger partial charge is 0.339 e. The lowest BCUT2D eigenvalue weighted by atomic mass is 10.1. The monoisotopic (exact) mass is 487 g/mol. The number of fused-ring (bicyclic) bond motifs is 1. The second-order valence-electron chi connectivity index (χ2n) is 8.66. The molecule has 4 rings (SSSR count). The molecule has 7 nitrogen and oxygen atoms in total. The number of piperazine rings is 1. The number of halogens is 3. The number of alkyl halides is 3. The average molecular weight is 487 g/mol. The summed E-state index contributed by atoms with van der Waals surface area (Å²) in [6.45, 7) is 3.13. The van der Waals surface area contributed by atoms with E-state index in [-0.39, 0.29) is 55.2 Å². The summed E-state index contributed by atoms with van der Waals surface area (Å²) in [4.78, 5) is 54.5. The van der Waals surface area contributed by atoms with Gasteiger partial charge in [-0.2, -0.15) is 13.2 Å². The molecule has 0 spiro atoms. The van der Waals surface area contributed by atoms with Crippen LogP contribution in [-0.2, 0) is 11.0 Å². The van der Waals surface area contributed by atoms with Crippen molar-refractivity contribution in [3.8, 4) is 0 Å². The highest BCUT2D eigenvalue weighted by atomic mass is 19.4. The molecule has 10 heteroatoms. The molecule has 0 N–H and O–H groups in total. The van der Waals surface area contributed by atoms with Crippen molar-refractivity contribution in [1.29, 1.82) is 0 Å². The molecule has 1 saturated heterocycles. The van der Waals surface area contributed by atoms with E-state index in [9.17, 15) is 32.3 Å². The van der Waals surface area contributed by atoms with Crippen LogP contribution in [-0.4, -0.2) is 71.1 Å². The first-order valence-corrected chi connectivity index (χ1v) is 11.3. The van der Waals surface area contributed by atoms with Crippen LogP contribution in [0.1, 0.15) is 55.0 Å². The molecule has 0 unspecified atom stereocenters. The van der Waals surface area contributed by atoms with Gasteiger partial charge >= 0.3 is 6.18 Å². The van der Waals surface area contributed by atoms with Gasteiger partial charge in [-0.25, -0.2) is 0 Å². The number of carbonyl (C=O) groups excluding carboxylic acids is 4. The topological polar surface area (TPSA) is 78.0 Å². The Labute approximate surface area is 200 Å². The molecule has 2 aliphatic heterocycles.